The first kappa shape index (κ1) is 26.9. The Bertz CT molecular complexity index is 342. The van der Waals surface area contributed by atoms with Crippen LogP contribution in [0.4, 0.5) is 0 Å². The number of carbonyl (C=O) groups excluding carboxylic acids is 2. The molecule has 4 nitrogen and oxygen atoms in total. The third-order valence-electron chi connectivity index (χ3n) is 5.15. The lowest BCUT2D eigenvalue weighted by Crippen LogP contribution is -2.28. The van der Waals surface area contributed by atoms with Crippen LogP contribution in [-0.4, -0.2) is 25.2 Å². The van der Waals surface area contributed by atoms with Gasteiger partial charge in [-0.05, 0) is 19.3 Å². The highest BCUT2D eigenvalue weighted by Gasteiger charge is 2.29. The lowest BCUT2D eigenvalue weighted by atomic mass is 10.00. The fraction of sp³-hybridized carbons (Fsp3) is 0.917. The van der Waals surface area contributed by atoms with Crippen LogP contribution in [-0.2, 0) is 19.1 Å². The number of hydrogen-bond donors (Lipinski definition) is 0. The molecule has 4 heteroatoms. The van der Waals surface area contributed by atoms with Crippen molar-refractivity contribution < 1.29 is 19.1 Å². The number of unbranched alkanes of at least 4 members (excludes halogenated alkanes) is 12. The fourth-order valence-corrected chi connectivity index (χ4v) is 3.24. The second-order valence-corrected chi connectivity index (χ2v) is 7.92. The maximum atomic E-state index is 12.4. The first-order valence-corrected chi connectivity index (χ1v) is 12.0. The Morgan fingerprint density at radius 3 is 1.32 bits per heavy atom. The van der Waals surface area contributed by atoms with E-state index in [1.807, 2.05) is 0 Å². The van der Waals surface area contributed by atoms with Crippen molar-refractivity contribution >= 4 is 11.9 Å². The van der Waals surface area contributed by atoms with Crippen LogP contribution in [0.5, 0.6) is 0 Å². The van der Waals surface area contributed by atoms with Gasteiger partial charge in [0.05, 0.1) is 13.2 Å². The first-order chi connectivity index (χ1) is 13.7. The molecule has 0 saturated carbocycles. The molecular formula is C24H46O4. The molecule has 28 heavy (non-hydrogen) atoms. The number of carbonyl (C=O) groups is 2. The van der Waals surface area contributed by atoms with Gasteiger partial charge in [0.2, 0.25) is 0 Å². The topological polar surface area (TPSA) is 52.6 Å². The van der Waals surface area contributed by atoms with Crippen molar-refractivity contribution in [3.05, 3.63) is 0 Å². The van der Waals surface area contributed by atoms with Gasteiger partial charge in [0.15, 0.2) is 5.92 Å². The van der Waals surface area contributed by atoms with Crippen LogP contribution in [0.25, 0.3) is 0 Å². The highest BCUT2D eigenvalue weighted by molar-refractivity contribution is 5.94. The zero-order chi connectivity index (χ0) is 20.9. The predicted molar refractivity (Wildman–Crippen MR) is 116 cm³/mol. The van der Waals surface area contributed by atoms with Gasteiger partial charge in [-0.15, -0.1) is 0 Å². The van der Waals surface area contributed by atoms with Gasteiger partial charge in [-0.1, -0.05) is 104 Å². The molecule has 0 rings (SSSR count). The van der Waals surface area contributed by atoms with Gasteiger partial charge < -0.3 is 9.47 Å². The summed E-state index contributed by atoms with van der Waals surface area (Å²) in [4.78, 5) is 24.9. The molecular weight excluding hydrogens is 352 g/mol. The van der Waals surface area contributed by atoms with Crippen LogP contribution < -0.4 is 0 Å². The van der Waals surface area contributed by atoms with Crippen LogP contribution in [0.15, 0.2) is 0 Å². The second kappa shape index (κ2) is 20.7. The van der Waals surface area contributed by atoms with Gasteiger partial charge in [-0.3, -0.25) is 9.59 Å². The lowest BCUT2D eigenvalue weighted by molar-refractivity contribution is -0.162. The van der Waals surface area contributed by atoms with Crippen LogP contribution in [0.2, 0.25) is 0 Å². The molecule has 0 aliphatic rings. The first-order valence-electron chi connectivity index (χ1n) is 12.0. The van der Waals surface area contributed by atoms with E-state index in [4.69, 9.17) is 9.47 Å². The summed E-state index contributed by atoms with van der Waals surface area (Å²) in [6.45, 7) is 7.35. The third kappa shape index (κ3) is 15.9. The summed E-state index contributed by atoms with van der Waals surface area (Å²) in [5.74, 6) is -1.52. The SMILES string of the molecule is CCCCCCCCCC(C(=O)OCCCCCC)C(=O)OCCCCCC. The number of hydrogen-bond acceptors (Lipinski definition) is 4. The van der Waals surface area contributed by atoms with E-state index in [-0.39, 0.29) is 11.9 Å². The van der Waals surface area contributed by atoms with Crippen molar-refractivity contribution in [2.24, 2.45) is 5.92 Å². The van der Waals surface area contributed by atoms with E-state index >= 15 is 0 Å². The Morgan fingerprint density at radius 2 is 0.893 bits per heavy atom. The molecule has 0 aliphatic heterocycles. The van der Waals surface area contributed by atoms with Gasteiger partial charge in [-0.25, -0.2) is 0 Å². The van der Waals surface area contributed by atoms with Crippen molar-refractivity contribution in [1.29, 1.82) is 0 Å². The summed E-state index contributed by atoms with van der Waals surface area (Å²) in [5, 5.41) is 0. The van der Waals surface area contributed by atoms with Gasteiger partial charge >= 0.3 is 11.9 Å². The smallest absolute Gasteiger partial charge is 0.320 e. The maximum Gasteiger partial charge on any atom is 0.320 e. The molecule has 0 radical (unpaired) electrons. The number of ether oxygens (including phenoxy) is 2. The van der Waals surface area contributed by atoms with Gasteiger partial charge in [0, 0.05) is 0 Å². The summed E-state index contributed by atoms with van der Waals surface area (Å²) < 4.78 is 10.8. The third-order valence-corrected chi connectivity index (χ3v) is 5.15. The van der Waals surface area contributed by atoms with Crippen LogP contribution in [0.3, 0.4) is 0 Å². The van der Waals surface area contributed by atoms with Crippen LogP contribution >= 0.6 is 0 Å². The summed E-state index contributed by atoms with van der Waals surface area (Å²) in [5.41, 5.74) is 0. The molecule has 0 heterocycles. The lowest BCUT2D eigenvalue weighted by Gasteiger charge is -2.15. The number of rotatable bonds is 20. The minimum absolute atomic E-state index is 0.388. The van der Waals surface area contributed by atoms with E-state index in [9.17, 15) is 9.59 Å². The zero-order valence-electron chi connectivity index (χ0n) is 18.9. The molecule has 0 aliphatic carbocycles. The molecule has 0 aromatic rings. The maximum absolute atomic E-state index is 12.4. The predicted octanol–water partition coefficient (Wildman–Crippen LogP) is 6.99. The molecule has 0 N–H and O–H groups in total. The van der Waals surface area contributed by atoms with Crippen molar-refractivity contribution in [3.8, 4) is 0 Å². The molecule has 0 aromatic heterocycles. The van der Waals surface area contributed by atoms with E-state index in [0.29, 0.717) is 19.6 Å². The Labute approximate surface area is 174 Å². The van der Waals surface area contributed by atoms with E-state index in [0.717, 1.165) is 64.2 Å². The van der Waals surface area contributed by atoms with Crippen LogP contribution in [0.1, 0.15) is 124 Å². The van der Waals surface area contributed by atoms with Crippen molar-refractivity contribution in [1.82, 2.24) is 0 Å². The van der Waals surface area contributed by atoms with E-state index in [2.05, 4.69) is 20.8 Å². The normalized spacial score (nSPS) is 11.0. The molecule has 0 amide bonds. The standard InChI is InChI=1S/C24H46O4/c1-4-7-10-13-14-15-16-19-22(23(25)27-20-17-11-8-5-2)24(26)28-21-18-12-9-6-3/h22H,4-21H2,1-3H3. The average molecular weight is 399 g/mol. The van der Waals surface area contributed by atoms with Gasteiger partial charge in [0.1, 0.15) is 0 Å². The summed E-state index contributed by atoms with van der Waals surface area (Å²) >= 11 is 0. The molecule has 0 spiro atoms. The molecule has 0 atom stereocenters. The highest BCUT2D eigenvalue weighted by atomic mass is 16.6. The molecule has 0 saturated heterocycles. The summed E-state index contributed by atoms with van der Waals surface area (Å²) in [6.07, 6.45) is 17.2. The van der Waals surface area contributed by atoms with E-state index in [1.165, 1.54) is 32.1 Å². The quantitative estimate of drug-likeness (QED) is 0.126. The van der Waals surface area contributed by atoms with Crippen molar-refractivity contribution in [2.45, 2.75) is 124 Å². The Hall–Kier alpha value is -1.06. The van der Waals surface area contributed by atoms with Gasteiger partial charge in [0.25, 0.3) is 0 Å². The monoisotopic (exact) mass is 398 g/mol. The number of esters is 2. The summed E-state index contributed by atoms with van der Waals surface area (Å²) in [7, 11) is 0. The van der Waals surface area contributed by atoms with E-state index < -0.39 is 5.92 Å². The van der Waals surface area contributed by atoms with E-state index in [1.54, 1.807) is 0 Å². The second-order valence-electron chi connectivity index (χ2n) is 7.92. The molecule has 166 valence electrons. The Balaban J connectivity index is 4.27. The fourth-order valence-electron chi connectivity index (χ4n) is 3.24. The highest BCUT2D eigenvalue weighted by Crippen LogP contribution is 2.17. The minimum atomic E-state index is -0.743. The molecule has 0 fully saturated rings. The molecule has 0 unspecified atom stereocenters. The molecule has 0 aromatic carbocycles. The Morgan fingerprint density at radius 1 is 0.536 bits per heavy atom. The Kier molecular flexibility index (Phi) is 19.9. The van der Waals surface area contributed by atoms with Crippen molar-refractivity contribution in [2.75, 3.05) is 13.2 Å². The van der Waals surface area contributed by atoms with Gasteiger partial charge in [-0.2, -0.15) is 0 Å². The molecule has 0 bridgehead atoms. The summed E-state index contributed by atoms with van der Waals surface area (Å²) in [6, 6.07) is 0. The van der Waals surface area contributed by atoms with Crippen molar-refractivity contribution in [3.63, 3.8) is 0 Å². The zero-order valence-corrected chi connectivity index (χ0v) is 18.9. The largest absolute Gasteiger partial charge is 0.465 e. The minimum Gasteiger partial charge on any atom is -0.465 e. The average Bonchev–Trinajstić information content (AvgIpc) is 2.69. The van der Waals surface area contributed by atoms with Crippen LogP contribution in [0, 0.1) is 5.92 Å².